The third-order valence-corrected chi connectivity index (χ3v) is 5.64. The Hall–Kier alpha value is -2.77. The molecular weight excluding hydrogens is 474 g/mol. The molecule has 8 heteroatoms. The van der Waals surface area contributed by atoms with Gasteiger partial charge in [-0.15, -0.1) is 0 Å². The minimum atomic E-state index is -0.503. The van der Waals surface area contributed by atoms with Crippen LogP contribution in [0.3, 0.4) is 0 Å². The summed E-state index contributed by atoms with van der Waals surface area (Å²) in [6.45, 7) is 17.2. The minimum absolute atomic E-state index is 0. The fourth-order valence-corrected chi connectivity index (χ4v) is 4.15. The molecule has 0 fully saturated rings. The number of pyridine rings is 1. The Balaban J connectivity index is 0.00000648. The molecule has 0 spiro atoms. The van der Waals surface area contributed by atoms with Gasteiger partial charge in [-0.2, -0.15) is 14.7 Å². The second-order valence-electron chi connectivity index (χ2n) is 10.2. The molecule has 1 unspecified atom stereocenters. The van der Waals surface area contributed by atoms with Crippen molar-refractivity contribution in [2.45, 2.75) is 55.1 Å². The Bertz CT molecular complexity index is 985. The highest BCUT2D eigenvalue weighted by atomic mass is 35.5. The van der Waals surface area contributed by atoms with Gasteiger partial charge in [0.1, 0.15) is 0 Å². The maximum atomic E-state index is 13.6. The van der Waals surface area contributed by atoms with E-state index < -0.39 is 5.92 Å². The van der Waals surface area contributed by atoms with Crippen LogP contribution in [-0.2, 0) is 16.3 Å². The summed E-state index contributed by atoms with van der Waals surface area (Å²) in [6.07, 6.45) is 4.44. The molecule has 198 valence electrons. The first-order valence-electron chi connectivity index (χ1n) is 12.4. The van der Waals surface area contributed by atoms with Crippen molar-refractivity contribution in [3.05, 3.63) is 59.9 Å². The molecule has 1 heterocycles. The van der Waals surface area contributed by atoms with E-state index in [4.69, 9.17) is 0 Å². The van der Waals surface area contributed by atoms with Gasteiger partial charge in [-0.3, -0.25) is 9.59 Å². The van der Waals surface area contributed by atoms with Gasteiger partial charge >= 0.3 is 0 Å². The SMILES string of the molecule is CC(=NN(C=O)C[n+]1ccccc1)C(CN(CC(C)C)CC(C)C)C(=O)Nc1ccc(C)cc1C.[Cl-]. The van der Waals surface area contributed by atoms with Gasteiger partial charge in [-0.25, -0.2) is 0 Å². The molecule has 0 aliphatic rings. The van der Waals surface area contributed by atoms with Gasteiger partial charge < -0.3 is 22.6 Å². The van der Waals surface area contributed by atoms with Crippen molar-refractivity contribution < 1.29 is 26.6 Å². The molecule has 0 saturated heterocycles. The molecule has 1 aromatic heterocycles. The molecule has 0 aliphatic heterocycles. The lowest BCUT2D eigenvalue weighted by Gasteiger charge is -2.30. The minimum Gasteiger partial charge on any atom is -1.00 e. The predicted molar refractivity (Wildman–Crippen MR) is 142 cm³/mol. The normalized spacial score (nSPS) is 12.4. The van der Waals surface area contributed by atoms with Crippen LogP contribution in [0.5, 0.6) is 0 Å². The number of halogens is 1. The van der Waals surface area contributed by atoms with Gasteiger partial charge in [0, 0.05) is 43.2 Å². The van der Waals surface area contributed by atoms with Crippen LogP contribution in [0.2, 0.25) is 0 Å². The van der Waals surface area contributed by atoms with Gasteiger partial charge in [-0.05, 0) is 44.2 Å². The lowest BCUT2D eigenvalue weighted by molar-refractivity contribution is -0.712. The first-order chi connectivity index (χ1) is 16.6. The fourth-order valence-electron chi connectivity index (χ4n) is 4.15. The predicted octanol–water partition coefficient (Wildman–Crippen LogP) is 1.26. The number of hydrazone groups is 1. The van der Waals surface area contributed by atoms with Crippen LogP contribution in [0, 0.1) is 31.6 Å². The Kier molecular flexibility index (Phi) is 13.3. The molecule has 2 aromatic rings. The van der Waals surface area contributed by atoms with Gasteiger partial charge in [-0.1, -0.05) is 51.5 Å². The summed E-state index contributed by atoms with van der Waals surface area (Å²) < 4.78 is 1.86. The van der Waals surface area contributed by atoms with Crippen LogP contribution in [0.4, 0.5) is 5.69 Å². The molecule has 1 aromatic carbocycles. The number of nitrogens with zero attached hydrogens (tertiary/aromatic N) is 4. The van der Waals surface area contributed by atoms with Crippen molar-refractivity contribution in [3.63, 3.8) is 0 Å². The van der Waals surface area contributed by atoms with E-state index in [1.807, 2.05) is 68.1 Å². The van der Waals surface area contributed by atoms with Gasteiger partial charge in [0.2, 0.25) is 19.0 Å². The zero-order valence-electron chi connectivity index (χ0n) is 22.7. The monoisotopic (exact) mass is 515 g/mol. The van der Waals surface area contributed by atoms with Crippen molar-refractivity contribution in [1.82, 2.24) is 9.91 Å². The van der Waals surface area contributed by atoms with E-state index in [0.717, 1.165) is 29.9 Å². The number of hydrogen-bond acceptors (Lipinski definition) is 4. The van der Waals surface area contributed by atoms with E-state index in [9.17, 15) is 9.59 Å². The van der Waals surface area contributed by atoms with E-state index in [0.29, 0.717) is 30.5 Å². The Morgan fingerprint density at radius 1 is 1.03 bits per heavy atom. The number of anilines is 1. The van der Waals surface area contributed by atoms with Crippen molar-refractivity contribution in [2.24, 2.45) is 22.9 Å². The van der Waals surface area contributed by atoms with E-state index in [1.54, 1.807) is 0 Å². The number of carbonyl (C=O) groups is 2. The number of amides is 2. The smallest absolute Gasteiger partial charge is 0.245 e. The van der Waals surface area contributed by atoms with E-state index in [1.165, 1.54) is 5.01 Å². The van der Waals surface area contributed by atoms with Gasteiger partial charge in [0.15, 0.2) is 12.4 Å². The van der Waals surface area contributed by atoms with Gasteiger partial charge in [0.05, 0.1) is 5.92 Å². The zero-order chi connectivity index (χ0) is 26.0. The molecule has 1 N–H and O–H groups in total. The molecule has 7 nitrogen and oxygen atoms in total. The molecule has 0 aliphatic carbocycles. The number of rotatable bonds is 13. The van der Waals surface area contributed by atoms with Crippen molar-refractivity contribution >= 4 is 23.7 Å². The number of hydrogen-bond donors (Lipinski definition) is 1. The highest BCUT2D eigenvalue weighted by molar-refractivity contribution is 6.09. The number of benzene rings is 1. The van der Waals surface area contributed by atoms with Crippen LogP contribution < -0.4 is 22.3 Å². The molecule has 0 saturated carbocycles. The third kappa shape index (κ3) is 10.5. The second-order valence-corrected chi connectivity index (χ2v) is 10.2. The van der Waals surface area contributed by atoms with Crippen LogP contribution in [-0.4, -0.2) is 47.6 Å². The molecule has 2 amide bonds. The van der Waals surface area contributed by atoms with E-state index >= 15 is 0 Å². The first kappa shape index (κ1) is 31.3. The van der Waals surface area contributed by atoms with Gasteiger partial charge in [0.25, 0.3) is 0 Å². The summed E-state index contributed by atoms with van der Waals surface area (Å²) in [4.78, 5) is 27.7. The average Bonchev–Trinajstić information content (AvgIpc) is 2.78. The highest BCUT2D eigenvalue weighted by Crippen LogP contribution is 2.19. The zero-order valence-corrected chi connectivity index (χ0v) is 23.5. The number of aryl methyl sites for hydroxylation is 2. The second kappa shape index (κ2) is 15.4. The maximum absolute atomic E-state index is 13.6. The van der Waals surface area contributed by atoms with Crippen LogP contribution in [0.25, 0.3) is 0 Å². The summed E-state index contributed by atoms with van der Waals surface area (Å²) in [5.74, 6) is 0.315. The topological polar surface area (TPSA) is 68.9 Å². The molecule has 0 bridgehead atoms. The first-order valence-corrected chi connectivity index (χ1v) is 12.4. The van der Waals surface area contributed by atoms with Crippen LogP contribution in [0.15, 0.2) is 53.9 Å². The lowest BCUT2D eigenvalue weighted by Crippen LogP contribution is -3.00. The van der Waals surface area contributed by atoms with Crippen molar-refractivity contribution in [1.29, 1.82) is 0 Å². The standard InChI is InChI=1S/C28H41N5O2.ClH/c1-21(2)16-32(17-22(3)4)18-26(28(35)29-27-12-11-23(5)15-24(27)6)25(7)30-33(20-34)19-31-13-9-8-10-14-31;/h8-15,20-22,26H,16-19H2,1-7H3;1H. The Labute approximate surface area is 223 Å². The molecular formula is C28H42ClN5O2. The van der Waals surface area contributed by atoms with Crippen molar-refractivity contribution in [2.75, 3.05) is 25.0 Å². The van der Waals surface area contributed by atoms with E-state index in [2.05, 4.69) is 49.1 Å². The third-order valence-electron chi connectivity index (χ3n) is 5.64. The summed E-state index contributed by atoms with van der Waals surface area (Å²) in [5.41, 5.74) is 3.57. The summed E-state index contributed by atoms with van der Waals surface area (Å²) >= 11 is 0. The maximum Gasteiger partial charge on any atom is 0.245 e. The summed E-state index contributed by atoms with van der Waals surface area (Å²) in [6, 6.07) is 11.7. The summed E-state index contributed by atoms with van der Waals surface area (Å²) in [7, 11) is 0. The fraction of sp³-hybridized carbons (Fsp3) is 0.500. The van der Waals surface area contributed by atoms with Crippen LogP contribution >= 0.6 is 0 Å². The quantitative estimate of drug-likeness (QED) is 0.189. The Morgan fingerprint density at radius 2 is 1.64 bits per heavy atom. The largest absolute Gasteiger partial charge is 1.00 e. The highest BCUT2D eigenvalue weighted by Gasteiger charge is 2.27. The molecule has 36 heavy (non-hydrogen) atoms. The lowest BCUT2D eigenvalue weighted by atomic mass is 10.00. The molecule has 0 radical (unpaired) electrons. The van der Waals surface area contributed by atoms with E-state index in [-0.39, 0.29) is 25.0 Å². The number of nitrogens with one attached hydrogen (secondary N) is 1. The summed E-state index contributed by atoms with van der Waals surface area (Å²) in [5, 5.41) is 9.02. The van der Waals surface area contributed by atoms with Crippen molar-refractivity contribution in [3.8, 4) is 0 Å². The number of aromatic nitrogens is 1. The molecule has 1 atom stereocenters. The number of carbonyl (C=O) groups excluding carboxylic acids is 2. The average molecular weight is 516 g/mol. The molecule has 2 rings (SSSR count). The van der Waals surface area contributed by atoms with Crippen LogP contribution in [0.1, 0.15) is 45.7 Å². The Morgan fingerprint density at radius 3 is 2.17 bits per heavy atom.